The number of rotatable bonds is 4. The predicted molar refractivity (Wildman–Crippen MR) is 83.5 cm³/mol. The minimum absolute atomic E-state index is 0.124. The van der Waals surface area contributed by atoms with E-state index in [1.807, 2.05) is 62.7 Å². The molecule has 0 aliphatic heterocycles. The van der Waals surface area contributed by atoms with Crippen molar-refractivity contribution in [1.82, 2.24) is 20.4 Å². The van der Waals surface area contributed by atoms with Crippen molar-refractivity contribution >= 4 is 6.03 Å². The van der Waals surface area contributed by atoms with Crippen LogP contribution in [0.4, 0.5) is 4.79 Å². The molecule has 0 aliphatic rings. The van der Waals surface area contributed by atoms with Crippen molar-refractivity contribution in [3.8, 4) is 5.69 Å². The van der Waals surface area contributed by atoms with Crippen LogP contribution in [0.3, 0.4) is 0 Å². The van der Waals surface area contributed by atoms with Gasteiger partial charge in [-0.05, 0) is 39.8 Å². The molecule has 1 aromatic heterocycles. The molecule has 21 heavy (non-hydrogen) atoms. The van der Waals surface area contributed by atoms with E-state index in [0.717, 1.165) is 22.6 Å². The first kappa shape index (κ1) is 15.1. The summed E-state index contributed by atoms with van der Waals surface area (Å²) < 4.78 is 1.91. The number of aryl methyl sites for hydroxylation is 1. The van der Waals surface area contributed by atoms with Gasteiger partial charge in [0.25, 0.3) is 0 Å². The predicted octanol–water partition coefficient (Wildman–Crippen LogP) is 2.70. The molecule has 0 radical (unpaired) electrons. The van der Waals surface area contributed by atoms with Crippen LogP contribution < -0.4 is 10.6 Å². The summed E-state index contributed by atoms with van der Waals surface area (Å²) in [5.41, 5.74) is 4.05. The Bertz CT molecular complexity index is 617. The first-order chi connectivity index (χ1) is 9.99. The van der Waals surface area contributed by atoms with Crippen molar-refractivity contribution in [2.24, 2.45) is 0 Å². The van der Waals surface area contributed by atoms with Gasteiger partial charge in [0.15, 0.2) is 0 Å². The summed E-state index contributed by atoms with van der Waals surface area (Å²) in [4.78, 5) is 11.7. The van der Waals surface area contributed by atoms with Crippen molar-refractivity contribution in [2.75, 3.05) is 0 Å². The van der Waals surface area contributed by atoms with Gasteiger partial charge in [0.2, 0.25) is 0 Å². The Balaban J connectivity index is 2.15. The van der Waals surface area contributed by atoms with Crippen LogP contribution in [0.1, 0.15) is 30.8 Å². The van der Waals surface area contributed by atoms with Crippen LogP contribution in [-0.2, 0) is 6.54 Å². The third kappa shape index (κ3) is 3.62. The van der Waals surface area contributed by atoms with Crippen LogP contribution in [0.5, 0.6) is 0 Å². The summed E-state index contributed by atoms with van der Waals surface area (Å²) in [6.45, 7) is 8.32. The Morgan fingerprint density at radius 2 is 1.90 bits per heavy atom. The summed E-state index contributed by atoms with van der Waals surface area (Å²) >= 11 is 0. The normalized spacial score (nSPS) is 10.7. The van der Waals surface area contributed by atoms with E-state index in [0.29, 0.717) is 6.54 Å². The van der Waals surface area contributed by atoms with Crippen LogP contribution in [0.2, 0.25) is 0 Å². The molecule has 0 unspecified atom stereocenters. The zero-order valence-electron chi connectivity index (χ0n) is 13.0. The highest BCUT2D eigenvalue weighted by Gasteiger charge is 2.13. The molecule has 0 fully saturated rings. The Hall–Kier alpha value is -2.30. The molecule has 0 bridgehead atoms. The first-order valence-electron chi connectivity index (χ1n) is 7.14. The number of amides is 2. The lowest BCUT2D eigenvalue weighted by molar-refractivity contribution is 0.238. The van der Waals surface area contributed by atoms with Crippen molar-refractivity contribution in [3.05, 3.63) is 47.3 Å². The number of nitrogens with zero attached hydrogens (tertiary/aromatic N) is 2. The van der Waals surface area contributed by atoms with Gasteiger partial charge >= 0.3 is 6.03 Å². The number of benzene rings is 1. The average Bonchev–Trinajstić information content (AvgIpc) is 2.72. The molecule has 0 atom stereocenters. The molecule has 2 amide bonds. The molecule has 0 saturated heterocycles. The van der Waals surface area contributed by atoms with Gasteiger partial charge in [-0.2, -0.15) is 5.10 Å². The molecule has 1 aromatic carbocycles. The summed E-state index contributed by atoms with van der Waals surface area (Å²) in [5.74, 6) is 0. The lowest BCUT2D eigenvalue weighted by Gasteiger charge is -2.10. The zero-order valence-corrected chi connectivity index (χ0v) is 13.0. The average molecular weight is 286 g/mol. The van der Waals surface area contributed by atoms with Gasteiger partial charge in [-0.25, -0.2) is 9.48 Å². The smallest absolute Gasteiger partial charge is 0.315 e. The second-order valence-electron chi connectivity index (χ2n) is 5.38. The van der Waals surface area contributed by atoms with Gasteiger partial charge in [0, 0.05) is 23.8 Å². The number of carbonyl (C=O) groups excluding carboxylic acids is 1. The Morgan fingerprint density at radius 3 is 2.52 bits per heavy atom. The molecule has 2 aromatic rings. The fourth-order valence-corrected chi connectivity index (χ4v) is 2.23. The van der Waals surface area contributed by atoms with Gasteiger partial charge < -0.3 is 10.6 Å². The van der Waals surface area contributed by atoms with E-state index >= 15 is 0 Å². The molecule has 112 valence electrons. The third-order valence-corrected chi connectivity index (χ3v) is 3.29. The minimum atomic E-state index is -0.156. The fraction of sp³-hybridized carbons (Fsp3) is 0.375. The second-order valence-corrected chi connectivity index (χ2v) is 5.38. The SMILES string of the molecule is Cc1nn(-c2ccccc2)c(C)c1CNC(=O)NC(C)C. The number of para-hydroxylation sites is 1. The third-order valence-electron chi connectivity index (χ3n) is 3.29. The van der Waals surface area contributed by atoms with E-state index in [1.54, 1.807) is 0 Å². The lowest BCUT2D eigenvalue weighted by Crippen LogP contribution is -2.39. The van der Waals surface area contributed by atoms with Crippen LogP contribution >= 0.6 is 0 Å². The maximum absolute atomic E-state index is 11.7. The van der Waals surface area contributed by atoms with Crippen molar-refractivity contribution < 1.29 is 4.79 Å². The zero-order chi connectivity index (χ0) is 15.4. The van der Waals surface area contributed by atoms with Gasteiger partial charge in [0.05, 0.1) is 11.4 Å². The molecule has 0 spiro atoms. The number of carbonyl (C=O) groups is 1. The standard InChI is InChI=1S/C16H22N4O/c1-11(2)18-16(21)17-10-15-12(3)19-20(13(15)4)14-8-6-5-7-9-14/h5-9,11H,10H2,1-4H3,(H2,17,18,21). The van der Waals surface area contributed by atoms with Crippen molar-refractivity contribution in [3.63, 3.8) is 0 Å². The molecule has 0 saturated carbocycles. The van der Waals surface area contributed by atoms with Crippen LogP contribution in [0.25, 0.3) is 5.69 Å². The van der Waals surface area contributed by atoms with Gasteiger partial charge in [-0.1, -0.05) is 18.2 Å². The fourth-order valence-electron chi connectivity index (χ4n) is 2.23. The number of nitrogens with one attached hydrogen (secondary N) is 2. The highest BCUT2D eigenvalue weighted by atomic mass is 16.2. The summed E-state index contributed by atoms with van der Waals surface area (Å²) in [6.07, 6.45) is 0. The first-order valence-corrected chi connectivity index (χ1v) is 7.14. The highest BCUT2D eigenvalue weighted by Crippen LogP contribution is 2.17. The van der Waals surface area contributed by atoms with Crippen LogP contribution in [0.15, 0.2) is 30.3 Å². The van der Waals surface area contributed by atoms with E-state index in [4.69, 9.17) is 0 Å². The van der Waals surface area contributed by atoms with E-state index < -0.39 is 0 Å². The van der Waals surface area contributed by atoms with E-state index in [9.17, 15) is 4.79 Å². The maximum Gasteiger partial charge on any atom is 0.315 e. The molecular formula is C16H22N4O. The van der Waals surface area contributed by atoms with E-state index in [1.165, 1.54) is 0 Å². The Morgan fingerprint density at radius 1 is 1.24 bits per heavy atom. The van der Waals surface area contributed by atoms with E-state index in [2.05, 4.69) is 15.7 Å². The Labute approximate surface area is 125 Å². The number of urea groups is 1. The molecule has 1 heterocycles. The summed E-state index contributed by atoms with van der Waals surface area (Å²) in [6, 6.07) is 9.95. The maximum atomic E-state index is 11.7. The van der Waals surface area contributed by atoms with Gasteiger partial charge in [-0.3, -0.25) is 0 Å². The van der Waals surface area contributed by atoms with Crippen molar-refractivity contribution in [1.29, 1.82) is 0 Å². The van der Waals surface area contributed by atoms with Crippen molar-refractivity contribution in [2.45, 2.75) is 40.3 Å². The number of hydrogen-bond donors (Lipinski definition) is 2. The Kier molecular flexibility index (Phi) is 4.62. The summed E-state index contributed by atoms with van der Waals surface area (Å²) in [7, 11) is 0. The molecule has 2 N–H and O–H groups in total. The second kappa shape index (κ2) is 6.43. The molecule has 2 rings (SSSR count). The largest absolute Gasteiger partial charge is 0.336 e. The number of aromatic nitrogens is 2. The highest BCUT2D eigenvalue weighted by molar-refractivity contribution is 5.74. The molecule has 0 aliphatic carbocycles. The monoisotopic (exact) mass is 286 g/mol. The van der Waals surface area contributed by atoms with Crippen LogP contribution in [-0.4, -0.2) is 21.9 Å². The number of hydrogen-bond acceptors (Lipinski definition) is 2. The quantitative estimate of drug-likeness (QED) is 0.908. The lowest BCUT2D eigenvalue weighted by atomic mass is 10.2. The molecule has 5 nitrogen and oxygen atoms in total. The molecular weight excluding hydrogens is 264 g/mol. The van der Waals surface area contributed by atoms with Crippen LogP contribution in [0, 0.1) is 13.8 Å². The topological polar surface area (TPSA) is 59.0 Å². The summed E-state index contributed by atoms with van der Waals surface area (Å²) in [5, 5.41) is 10.3. The van der Waals surface area contributed by atoms with E-state index in [-0.39, 0.29) is 12.1 Å². The molecule has 5 heteroatoms. The van der Waals surface area contributed by atoms with Gasteiger partial charge in [0.1, 0.15) is 0 Å². The van der Waals surface area contributed by atoms with Gasteiger partial charge in [-0.15, -0.1) is 0 Å². The minimum Gasteiger partial charge on any atom is -0.336 e.